The molecule has 1 aliphatic heterocycles. The maximum atomic E-state index is 5.48. The van der Waals surface area contributed by atoms with Gasteiger partial charge in [0.05, 0.1) is 19.8 Å². The Balaban J connectivity index is 1.60. The molecule has 8 nitrogen and oxygen atoms in total. The topological polar surface area (TPSA) is 79.6 Å². The number of nitrogens with zero attached hydrogens (tertiary/aromatic N) is 5. The number of benzene rings is 1. The van der Waals surface area contributed by atoms with Gasteiger partial charge >= 0.3 is 0 Å². The summed E-state index contributed by atoms with van der Waals surface area (Å²) in [5.41, 5.74) is 2.61. The lowest BCUT2D eigenvalue weighted by molar-refractivity contribution is 0.0341. The number of thioether (sulfide) groups is 1. The molecule has 1 fully saturated rings. The Morgan fingerprint density at radius 2 is 1.94 bits per heavy atom. The van der Waals surface area contributed by atoms with Crippen molar-refractivity contribution < 1.29 is 4.74 Å². The van der Waals surface area contributed by atoms with E-state index >= 15 is 0 Å². The third kappa shape index (κ3) is 7.83. The first-order valence-corrected chi connectivity index (χ1v) is 12.4. The maximum Gasteiger partial charge on any atom is 0.191 e. The standard InChI is InChI=1S/C22H35N7OS/c1-3-21-27-26-18-29(21)10-8-23-22(24-9-15-31-2)25-16-19-6-4-5-7-20(19)17-28-11-13-30-14-12-28/h4-7,18H,3,8-17H2,1-2H3,(H2,23,24,25). The fourth-order valence-corrected chi connectivity index (χ4v) is 3.82. The number of guanidine groups is 1. The quantitative estimate of drug-likeness (QED) is 0.310. The van der Waals surface area contributed by atoms with E-state index in [2.05, 4.69) is 67.7 Å². The number of aromatic nitrogens is 3. The van der Waals surface area contributed by atoms with Crippen molar-refractivity contribution in [2.24, 2.45) is 4.99 Å². The average Bonchev–Trinajstić information content (AvgIpc) is 3.26. The molecule has 0 radical (unpaired) electrons. The summed E-state index contributed by atoms with van der Waals surface area (Å²) in [5.74, 6) is 2.90. The SMILES string of the molecule is CCc1nncn1CCNC(=NCc1ccccc1CN1CCOCC1)NCCSC. The van der Waals surface area contributed by atoms with Crippen molar-refractivity contribution >= 4 is 17.7 Å². The smallest absolute Gasteiger partial charge is 0.191 e. The molecule has 1 aromatic heterocycles. The number of aryl methyl sites for hydroxylation is 1. The Bertz CT molecular complexity index is 805. The van der Waals surface area contributed by atoms with E-state index in [1.54, 1.807) is 6.33 Å². The maximum absolute atomic E-state index is 5.48. The van der Waals surface area contributed by atoms with Gasteiger partial charge in [-0.3, -0.25) is 4.90 Å². The second-order valence-electron chi connectivity index (χ2n) is 7.46. The minimum atomic E-state index is 0.655. The Labute approximate surface area is 189 Å². The molecule has 0 amide bonds. The van der Waals surface area contributed by atoms with Crippen molar-refractivity contribution in [3.63, 3.8) is 0 Å². The van der Waals surface area contributed by atoms with Crippen molar-refractivity contribution in [3.8, 4) is 0 Å². The van der Waals surface area contributed by atoms with Gasteiger partial charge in [0, 0.05) is 51.4 Å². The summed E-state index contributed by atoms with van der Waals surface area (Å²) in [4.78, 5) is 7.33. The van der Waals surface area contributed by atoms with Crippen LogP contribution in [0.1, 0.15) is 23.9 Å². The summed E-state index contributed by atoms with van der Waals surface area (Å²) in [6, 6.07) is 8.61. The zero-order valence-corrected chi connectivity index (χ0v) is 19.5. The van der Waals surface area contributed by atoms with E-state index in [4.69, 9.17) is 9.73 Å². The Kier molecular flexibility index (Phi) is 10.1. The lowest BCUT2D eigenvalue weighted by Gasteiger charge is -2.27. The van der Waals surface area contributed by atoms with Gasteiger partial charge in [-0.15, -0.1) is 10.2 Å². The van der Waals surface area contributed by atoms with Gasteiger partial charge in [0.25, 0.3) is 0 Å². The monoisotopic (exact) mass is 445 g/mol. The van der Waals surface area contributed by atoms with Crippen LogP contribution < -0.4 is 10.6 Å². The number of morpholine rings is 1. The molecule has 1 aromatic carbocycles. The van der Waals surface area contributed by atoms with Gasteiger partial charge in [0.1, 0.15) is 12.2 Å². The predicted molar refractivity (Wildman–Crippen MR) is 127 cm³/mol. The molecule has 1 aliphatic rings. The highest BCUT2D eigenvalue weighted by Crippen LogP contribution is 2.14. The van der Waals surface area contributed by atoms with Gasteiger partial charge in [-0.1, -0.05) is 31.2 Å². The Morgan fingerprint density at radius 1 is 1.16 bits per heavy atom. The molecule has 2 aromatic rings. The summed E-state index contributed by atoms with van der Waals surface area (Å²) in [6.45, 7) is 9.78. The molecule has 0 unspecified atom stereocenters. The number of ether oxygens (including phenoxy) is 1. The number of aliphatic imine (C=N–C) groups is 1. The summed E-state index contributed by atoms with van der Waals surface area (Å²) in [6.07, 6.45) is 4.79. The van der Waals surface area contributed by atoms with Gasteiger partial charge in [-0.25, -0.2) is 4.99 Å². The van der Waals surface area contributed by atoms with Crippen LogP contribution in [0, 0.1) is 0 Å². The van der Waals surface area contributed by atoms with E-state index in [1.807, 2.05) is 11.8 Å². The molecule has 0 spiro atoms. The van der Waals surface area contributed by atoms with Crippen LogP contribution in [0.4, 0.5) is 0 Å². The molecule has 170 valence electrons. The first kappa shape index (κ1) is 23.6. The molecule has 0 saturated carbocycles. The zero-order chi connectivity index (χ0) is 21.7. The fraction of sp³-hybridized carbons (Fsp3) is 0.591. The van der Waals surface area contributed by atoms with Crippen molar-refractivity contribution in [1.29, 1.82) is 0 Å². The molecule has 2 N–H and O–H groups in total. The lowest BCUT2D eigenvalue weighted by atomic mass is 10.1. The number of hydrogen-bond donors (Lipinski definition) is 2. The first-order chi connectivity index (χ1) is 15.3. The molecule has 3 rings (SSSR count). The van der Waals surface area contributed by atoms with E-state index in [0.717, 1.165) is 76.4 Å². The normalized spacial score (nSPS) is 15.2. The molecule has 1 saturated heterocycles. The molecule has 0 bridgehead atoms. The van der Waals surface area contributed by atoms with E-state index in [1.165, 1.54) is 11.1 Å². The molecule has 31 heavy (non-hydrogen) atoms. The third-order valence-corrected chi connectivity index (χ3v) is 5.89. The number of hydrogen-bond acceptors (Lipinski definition) is 6. The highest BCUT2D eigenvalue weighted by atomic mass is 32.2. The molecule has 0 aliphatic carbocycles. The highest BCUT2D eigenvalue weighted by Gasteiger charge is 2.12. The van der Waals surface area contributed by atoms with Crippen LogP contribution >= 0.6 is 11.8 Å². The molecular weight excluding hydrogens is 410 g/mol. The summed E-state index contributed by atoms with van der Waals surface area (Å²) >= 11 is 1.83. The first-order valence-electron chi connectivity index (χ1n) is 11.0. The number of rotatable bonds is 11. The largest absolute Gasteiger partial charge is 0.379 e. The number of nitrogens with one attached hydrogen (secondary N) is 2. The van der Waals surface area contributed by atoms with Crippen LogP contribution in [0.25, 0.3) is 0 Å². The van der Waals surface area contributed by atoms with Gasteiger partial charge < -0.3 is 19.9 Å². The Hall–Kier alpha value is -2.10. The second kappa shape index (κ2) is 13.3. The average molecular weight is 446 g/mol. The van der Waals surface area contributed by atoms with E-state index in [9.17, 15) is 0 Å². The van der Waals surface area contributed by atoms with Crippen LogP contribution in [0.2, 0.25) is 0 Å². The van der Waals surface area contributed by atoms with Crippen LogP contribution in [-0.4, -0.2) is 77.0 Å². The van der Waals surface area contributed by atoms with Gasteiger partial charge in [0.15, 0.2) is 5.96 Å². The summed E-state index contributed by atoms with van der Waals surface area (Å²) < 4.78 is 7.57. The van der Waals surface area contributed by atoms with Crippen LogP contribution in [0.5, 0.6) is 0 Å². The third-order valence-electron chi connectivity index (χ3n) is 5.28. The van der Waals surface area contributed by atoms with Gasteiger partial charge in [0.2, 0.25) is 0 Å². The van der Waals surface area contributed by atoms with Crippen molar-refractivity contribution in [2.75, 3.05) is 51.4 Å². The summed E-state index contributed by atoms with van der Waals surface area (Å²) in [7, 11) is 0. The molecule has 9 heteroatoms. The van der Waals surface area contributed by atoms with Crippen molar-refractivity contribution in [1.82, 2.24) is 30.3 Å². The van der Waals surface area contributed by atoms with E-state index in [-0.39, 0.29) is 0 Å². The van der Waals surface area contributed by atoms with Gasteiger partial charge in [-0.2, -0.15) is 11.8 Å². The predicted octanol–water partition coefficient (Wildman–Crippen LogP) is 1.77. The van der Waals surface area contributed by atoms with Crippen LogP contribution in [-0.2, 0) is 30.8 Å². The van der Waals surface area contributed by atoms with Gasteiger partial charge in [-0.05, 0) is 17.4 Å². The zero-order valence-electron chi connectivity index (χ0n) is 18.7. The molecule has 2 heterocycles. The van der Waals surface area contributed by atoms with E-state index < -0.39 is 0 Å². The minimum Gasteiger partial charge on any atom is -0.379 e. The second-order valence-corrected chi connectivity index (χ2v) is 8.45. The van der Waals surface area contributed by atoms with Crippen molar-refractivity contribution in [2.45, 2.75) is 33.0 Å². The fourth-order valence-electron chi connectivity index (χ4n) is 3.51. The van der Waals surface area contributed by atoms with Crippen LogP contribution in [0.3, 0.4) is 0 Å². The van der Waals surface area contributed by atoms with Crippen molar-refractivity contribution in [3.05, 3.63) is 47.5 Å². The Morgan fingerprint density at radius 3 is 2.71 bits per heavy atom. The minimum absolute atomic E-state index is 0.655. The van der Waals surface area contributed by atoms with Crippen LogP contribution in [0.15, 0.2) is 35.6 Å². The lowest BCUT2D eigenvalue weighted by Crippen LogP contribution is -2.40. The van der Waals surface area contributed by atoms with E-state index in [0.29, 0.717) is 6.54 Å². The molecule has 0 atom stereocenters. The highest BCUT2D eigenvalue weighted by molar-refractivity contribution is 7.98. The molecular formula is C22H35N7OS. The summed E-state index contributed by atoms with van der Waals surface area (Å²) in [5, 5.41) is 15.1.